The van der Waals surface area contributed by atoms with Gasteiger partial charge in [-0.15, -0.1) is 0 Å². The van der Waals surface area contributed by atoms with E-state index in [4.69, 9.17) is 15.2 Å². The Kier molecular flexibility index (Phi) is 4.33. The number of hydrogen-bond donors (Lipinski definition) is 1. The van der Waals surface area contributed by atoms with E-state index in [-0.39, 0.29) is 12.1 Å². The Hall–Kier alpha value is -1.55. The number of ether oxygens (including phenoxy) is 2. The van der Waals surface area contributed by atoms with Gasteiger partial charge in [-0.2, -0.15) is 0 Å². The SMILES string of the molecule is CCOC(=O)C1(N)CCC(Oc2cccc(C)c2C)C1. The number of benzene rings is 1. The third-order valence-corrected chi connectivity index (χ3v) is 4.03. The third kappa shape index (κ3) is 2.96. The summed E-state index contributed by atoms with van der Waals surface area (Å²) in [7, 11) is 0. The Morgan fingerprint density at radius 3 is 2.90 bits per heavy atom. The average molecular weight is 277 g/mol. The minimum Gasteiger partial charge on any atom is -0.490 e. The van der Waals surface area contributed by atoms with Crippen molar-refractivity contribution in [2.45, 2.75) is 51.7 Å². The second-order valence-corrected chi connectivity index (χ2v) is 5.56. The summed E-state index contributed by atoms with van der Waals surface area (Å²) < 4.78 is 11.1. The molecule has 2 rings (SSSR count). The Bertz CT molecular complexity index is 500. The molecule has 0 radical (unpaired) electrons. The van der Waals surface area contributed by atoms with Crippen molar-refractivity contribution in [1.82, 2.24) is 0 Å². The van der Waals surface area contributed by atoms with Crippen LogP contribution >= 0.6 is 0 Å². The standard InChI is InChI=1S/C16H23NO3/c1-4-19-15(18)16(17)9-8-13(10-16)20-14-7-5-6-11(2)12(14)3/h5-7,13H,4,8-10,17H2,1-3H3. The molecule has 0 spiro atoms. The van der Waals surface area contributed by atoms with Crippen LogP contribution in [0.3, 0.4) is 0 Å². The summed E-state index contributed by atoms with van der Waals surface area (Å²) in [5.74, 6) is 0.565. The van der Waals surface area contributed by atoms with Gasteiger partial charge in [0.05, 0.1) is 6.61 Å². The minimum atomic E-state index is -0.890. The zero-order valence-corrected chi connectivity index (χ0v) is 12.4. The number of hydrogen-bond acceptors (Lipinski definition) is 4. The molecule has 110 valence electrons. The lowest BCUT2D eigenvalue weighted by Crippen LogP contribution is -2.47. The highest BCUT2D eigenvalue weighted by Gasteiger charge is 2.44. The highest BCUT2D eigenvalue weighted by atomic mass is 16.5. The average Bonchev–Trinajstić information content (AvgIpc) is 2.78. The monoisotopic (exact) mass is 277 g/mol. The lowest BCUT2D eigenvalue weighted by molar-refractivity contribution is -0.149. The van der Waals surface area contributed by atoms with Crippen molar-refractivity contribution < 1.29 is 14.3 Å². The number of carbonyl (C=O) groups excluding carboxylic acids is 1. The first kappa shape index (κ1) is 14.9. The van der Waals surface area contributed by atoms with E-state index in [0.717, 1.165) is 17.7 Å². The van der Waals surface area contributed by atoms with E-state index in [1.807, 2.05) is 19.1 Å². The molecule has 2 N–H and O–H groups in total. The maximum atomic E-state index is 11.9. The largest absolute Gasteiger partial charge is 0.490 e. The normalized spacial score (nSPS) is 25.5. The van der Waals surface area contributed by atoms with E-state index in [2.05, 4.69) is 13.0 Å². The Morgan fingerprint density at radius 1 is 1.45 bits per heavy atom. The molecular weight excluding hydrogens is 254 g/mol. The molecule has 1 aromatic carbocycles. The molecule has 4 heteroatoms. The fourth-order valence-corrected chi connectivity index (χ4v) is 2.62. The topological polar surface area (TPSA) is 61.5 Å². The van der Waals surface area contributed by atoms with E-state index in [1.165, 1.54) is 5.56 Å². The molecule has 1 saturated carbocycles. The zero-order valence-electron chi connectivity index (χ0n) is 12.4. The lowest BCUT2D eigenvalue weighted by Gasteiger charge is -2.22. The van der Waals surface area contributed by atoms with Gasteiger partial charge >= 0.3 is 5.97 Å². The molecule has 0 aliphatic heterocycles. The van der Waals surface area contributed by atoms with E-state index in [1.54, 1.807) is 6.92 Å². The van der Waals surface area contributed by atoms with Gasteiger partial charge in [0.2, 0.25) is 0 Å². The van der Waals surface area contributed by atoms with E-state index >= 15 is 0 Å². The van der Waals surface area contributed by atoms with Crippen LogP contribution in [-0.2, 0) is 9.53 Å². The summed E-state index contributed by atoms with van der Waals surface area (Å²) in [6, 6.07) is 6.00. The molecular formula is C16H23NO3. The maximum absolute atomic E-state index is 11.9. The van der Waals surface area contributed by atoms with Crippen molar-refractivity contribution in [3.05, 3.63) is 29.3 Å². The number of carbonyl (C=O) groups is 1. The lowest BCUT2D eigenvalue weighted by atomic mass is 9.99. The van der Waals surface area contributed by atoms with E-state index in [9.17, 15) is 4.79 Å². The van der Waals surface area contributed by atoms with Crippen LogP contribution in [0.4, 0.5) is 0 Å². The first-order chi connectivity index (χ1) is 9.46. The second kappa shape index (κ2) is 5.83. The van der Waals surface area contributed by atoms with Crippen molar-refractivity contribution in [1.29, 1.82) is 0 Å². The molecule has 2 unspecified atom stereocenters. The molecule has 4 nitrogen and oxygen atoms in total. The van der Waals surface area contributed by atoms with Crippen LogP contribution in [0.2, 0.25) is 0 Å². The summed E-state index contributed by atoms with van der Waals surface area (Å²) in [5.41, 5.74) is 7.59. The van der Waals surface area contributed by atoms with Crippen LogP contribution in [0.5, 0.6) is 5.75 Å². The van der Waals surface area contributed by atoms with Crippen LogP contribution in [-0.4, -0.2) is 24.2 Å². The van der Waals surface area contributed by atoms with Crippen LogP contribution < -0.4 is 10.5 Å². The molecule has 1 aromatic rings. The van der Waals surface area contributed by atoms with Gasteiger partial charge in [-0.3, -0.25) is 4.79 Å². The van der Waals surface area contributed by atoms with Crippen molar-refractivity contribution in [2.75, 3.05) is 6.61 Å². The van der Waals surface area contributed by atoms with E-state index in [0.29, 0.717) is 19.4 Å². The Labute approximate surface area is 120 Å². The minimum absolute atomic E-state index is 0.0232. The smallest absolute Gasteiger partial charge is 0.326 e. The Morgan fingerprint density at radius 2 is 2.20 bits per heavy atom. The van der Waals surface area contributed by atoms with Gasteiger partial charge in [0.25, 0.3) is 0 Å². The fraction of sp³-hybridized carbons (Fsp3) is 0.562. The zero-order chi connectivity index (χ0) is 14.8. The first-order valence-electron chi connectivity index (χ1n) is 7.15. The van der Waals surface area contributed by atoms with Crippen molar-refractivity contribution in [3.63, 3.8) is 0 Å². The van der Waals surface area contributed by atoms with Crippen molar-refractivity contribution >= 4 is 5.97 Å². The van der Waals surface area contributed by atoms with Gasteiger partial charge in [0.15, 0.2) is 0 Å². The third-order valence-electron chi connectivity index (χ3n) is 4.03. The Balaban J connectivity index is 2.03. The summed E-state index contributed by atoms with van der Waals surface area (Å²) in [5, 5.41) is 0. The first-order valence-corrected chi connectivity index (χ1v) is 7.15. The molecule has 1 aliphatic rings. The molecule has 0 aromatic heterocycles. The van der Waals surface area contributed by atoms with Crippen molar-refractivity contribution in [2.24, 2.45) is 5.73 Å². The van der Waals surface area contributed by atoms with Gasteiger partial charge in [-0.1, -0.05) is 12.1 Å². The van der Waals surface area contributed by atoms with E-state index < -0.39 is 5.54 Å². The number of rotatable bonds is 4. The summed E-state index contributed by atoms with van der Waals surface area (Å²) in [6.45, 7) is 6.25. The number of aryl methyl sites for hydroxylation is 1. The maximum Gasteiger partial charge on any atom is 0.326 e. The van der Waals surface area contributed by atoms with Gasteiger partial charge in [-0.05, 0) is 50.8 Å². The summed E-state index contributed by atoms with van der Waals surface area (Å²) in [4.78, 5) is 11.9. The molecule has 0 bridgehead atoms. The highest BCUT2D eigenvalue weighted by molar-refractivity contribution is 5.81. The predicted molar refractivity (Wildman–Crippen MR) is 77.7 cm³/mol. The van der Waals surface area contributed by atoms with Crippen LogP contribution in [0.15, 0.2) is 18.2 Å². The molecule has 1 aliphatic carbocycles. The molecule has 1 fully saturated rings. The summed E-state index contributed by atoms with van der Waals surface area (Å²) in [6.07, 6.45) is 1.88. The molecule has 2 atom stereocenters. The fourth-order valence-electron chi connectivity index (χ4n) is 2.62. The molecule has 0 heterocycles. The molecule has 20 heavy (non-hydrogen) atoms. The number of esters is 1. The molecule has 0 saturated heterocycles. The quantitative estimate of drug-likeness (QED) is 0.859. The van der Waals surface area contributed by atoms with Gasteiger partial charge < -0.3 is 15.2 Å². The summed E-state index contributed by atoms with van der Waals surface area (Å²) >= 11 is 0. The van der Waals surface area contributed by atoms with Gasteiger partial charge in [0.1, 0.15) is 17.4 Å². The predicted octanol–water partition coefficient (Wildman–Crippen LogP) is 2.50. The number of nitrogens with two attached hydrogens (primary N) is 1. The van der Waals surface area contributed by atoms with Crippen LogP contribution in [0, 0.1) is 13.8 Å². The molecule has 0 amide bonds. The van der Waals surface area contributed by atoms with Crippen LogP contribution in [0.1, 0.15) is 37.3 Å². The van der Waals surface area contributed by atoms with Gasteiger partial charge in [0, 0.05) is 6.42 Å². The second-order valence-electron chi connectivity index (χ2n) is 5.56. The van der Waals surface area contributed by atoms with Gasteiger partial charge in [-0.25, -0.2) is 0 Å². The van der Waals surface area contributed by atoms with Crippen molar-refractivity contribution in [3.8, 4) is 5.75 Å². The highest BCUT2D eigenvalue weighted by Crippen LogP contribution is 2.33. The van der Waals surface area contributed by atoms with Crippen LogP contribution in [0.25, 0.3) is 0 Å².